The molecular weight excluding hydrogens is 366 g/mol. The van der Waals surface area contributed by atoms with Crippen LogP contribution >= 0.6 is 0 Å². The molecule has 1 N–H and O–H groups in total. The van der Waals surface area contributed by atoms with Crippen LogP contribution in [0.2, 0.25) is 0 Å². The molecule has 27 heavy (non-hydrogen) atoms. The number of nitrogens with zero attached hydrogens (tertiary/aromatic N) is 2. The van der Waals surface area contributed by atoms with Gasteiger partial charge < -0.3 is 4.74 Å². The van der Waals surface area contributed by atoms with Gasteiger partial charge in [0.2, 0.25) is 0 Å². The second kappa shape index (κ2) is 7.24. The van der Waals surface area contributed by atoms with Gasteiger partial charge in [-0.3, -0.25) is 9.52 Å². The fourth-order valence-corrected chi connectivity index (χ4v) is 3.74. The Morgan fingerprint density at radius 2 is 1.74 bits per heavy atom. The van der Waals surface area contributed by atoms with Gasteiger partial charge in [0.05, 0.1) is 17.7 Å². The van der Waals surface area contributed by atoms with E-state index in [2.05, 4.69) is 9.82 Å². The molecule has 0 unspecified atom stereocenters. The van der Waals surface area contributed by atoms with Crippen molar-refractivity contribution in [2.45, 2.75) is 11.8 Å². The van der Waals surface area contributed by atoms with Crippen molar-refractivity contribution in [1.82, 2.24) is 9.78 Å². The van der Waals surface area contributed by atoms with Crippen LogP contribution in [0, 0.1) is 6.92 Å². The Morgan fingerprint density at radius 3 is 2.33 bits per heavy atom. The normalized spacial score (nSPS) is 11.2. The molecule has 0 amide bonds. The number of aryl methyl sites for hydroxylation is 2. The molecule has 0 aliphatic heterocycles. The van der Waals surface area contributed by atoms with Gasteiger partial charge in [0.1, 0.15) is 5.75 Å². The van der Waals surface area contributed by atoms with Crippen LogP contribution in [0.5, 0.6) is 5.75 Å². The Labute approximate surface area is 157 Å². The number of aromatic nitrogens is 2. The number of rotatable bonds is 5. The number of nitrogens with one attached hydrogen (secondary N) is 1. The quantitative estimate of drug-likeness (QED) is 0.729. The predicted octanol–water partition coefficient (Wildman–Crippen LogP) is 2.57. The third-order valence-corrected chi connectivity index (χ3v) is 5.45. The first kappa shape index (κ1) is 18.7. The summed E-state index contributed by atoms with van der Waals surface area (Å²) in [6.07, 6.45) is 0. The summed E-state index contributed by atoms with van der Waals surface area (Å²) in [6.45, 7) is 1.78. The maximum atomic E-state index is 12.6. The minimum Gasteiger partial charge on any atom is -0.496 e. The van der Waals surface area contributed by atoms with Crippen LogP contribution in [0.1, 0.15) is 5.56 Å². The molecule has 0 bridgehead atoms. The summed E-state index contributed by atoms with van der Waals surface area (Å²) in [4.78, 5) is 11.6. The molecular formula is C19H19N3O4S. The highest BCUT2D eigenvalue weighted by Gasteiger charge is 2.16. The van der Waals surface area contributed by atoms with Crippen LogP contribution in [0.3, 0.4) is 0 Å². The standard InChI is InChI=1S/C19H19N3O4S/c1-13-12-16(8-10-18(13)26-3)27(24,25)21-15-6-4-14(5-7-15)17-9-11-19(23)22(2)20-17/h4-12,21H,1-3H3. The topological polar surface area (TPSA) is 90.3 Å². The van der Waals surface area contributed by atoms with E-state index in [0.29, 0.717) is 17.1 Å². The second-order valence-corrected chi connectivity index (χ2v) is 7.68. The lowest BCUT2D eigenvalue weighted by molar-refractivity contribution is 0.411. The highest BCUT2D eigenvalue weighted by Crippen LogP contribution is 2.24. The van der Waals surface area contributed by atoms with Crippen molar-refractivity contribution in [2.24, 2.45) is 7.05 Å². The summed E-state index contributed by atoms with van der Waals surface area (Å²) in [7, 11) is -0.605. The van der Waals surface area contributed by atoms with Gasteiger partial charge in [-0.1, -0.05) is 12.1 Å². The molecule has 0 fully saturated rings. The Kier molecular flexibility index (Phi) is 5.00. The van der Waals surface area contributed by atoms with Crippen molar-refractivity contribution >= 4 is 15.7 Å². The number of ether oxygens (including phenoxy) is 1. The van der Waals surface area contributed by atoms with Gasteiger partial charge in [0.25, 0.3) is 15.6 Å². The average Bonchev–Trinajstić information content (AvgIpc) is 2.64. The first-order chi connectivity index (χ1) is 12.8. The zero-order valence-electron chi connectivity index (χ0n) is 15.1. The molecule has 0 radical (unpaired) electrons. The largest absolute Gasteiger partial charge is 0.496 e. The molecule has 0 saturated carbocycles. The molecule has 140 valence electrons. The van der Waals surface area contributed by atoms with E-state index in [9.17, 15) is 13.2 Å². The minimum atomic E-state index is -3.72. The monoisotopic (exact) mass is 385 g/mol. The molecule has 0 atom stereocenters. The van der Waals surface area contributed by atoms with Crippen LogP contribution in [-0.2, 0) is 17.1 Å². The fraction of sp³-hybridized carbons (Fsp3) is 0.158. The van der Waals surface area contributed by atoms with Crippen molar-refractivity contribution in [2.75, 3.05) is 11.8 Å². The van der Waals surface area contributed by atoms with Crippen LogP contribution in [-0.4, -0.2) is 25.3 Å². The van der Waals surface area contributed by atoms with E-state index in [-0.39, 0.29) is 10.5 Å². The third-order valence-electron chi connectivity index (χ3n) is 4.07. The lowest BCUT2D eigenvalue weighted by Gasteiger charge is -2.11. The van der Waals surface area contributed by atoms with E-state index in [1.807, 2.05) is 0 Å². The van der Waals surface area contributed by atoms with E-state index < -0.39 is 10.0 Å². The zero-order chi connectivity index (χ0) is 19.6. The zero-order valence-corrected chi connectivity index (χ0v) is 15.9. The molecule has 0 spiro atoms. The number of anilines is 1. The van der Waals surface area contributed by atoms with E-state index in [0.717, 1.165) is 11.1 Å². The van der Waals surface area contributed by atoms with Gasteiger partial charge in [0, 0.05) is 24.4 Å². The SMILES string of the molecule is COc1ccc(S(=O)(=O)Nc2ccc(-c3ccc(=O)n(C)n3)cc2)cc1C. The van der Waals surface area contributed by atoms with Crippen LogP contribution in [0.25, 0.3) is 11.3 Å². The first-order valence-electron chi connectivity index (χ1n) is 8.12. The van der Waals surface area contributed by atoms with Crippen LogP contribution in [0.15, 0.2) is 64.3 Å². The van der Waals surface area contributed by atoms with Crippen molar-refractivity contribution < 1.29 is 13.2 Å². The summed E-state index contributed by atoms with van der Waals surface area (Å²) < 4.78 is 34.1. The lowest BCUT2D eigenvalue weighted by Crippen LogP contribution is -2.18. The molecule has 1 heterocycles. The molecule has 8 heteroatoms. The lowest BCUT2D eigenvalue weighted by atomic mass is 10.1. The van der Waals surface area contributed by atoms with Gasteiger partial charge in [-0.2, -0.15) is 5.10 Å². The molecule has 3 aromatic rings. The predicted molar refractivity (Wildman–Crippen MR) is 103 cm³/mol. The summed E-state index contributed by atoms with van der Waals surface area (Å²) in [5, 5.41) is 4.17. The minimum absolute atomic E-state index is 0.157. The smallest absolute Gasteiger partial charge is 0.266 e. The van der Waals surface area contributed by atoms with Gasteiger partial charge in [-0.15, -0.1) is 0 Å². The Hall–Kier alpha value is -3.13. The molecule has 1 aromatic heterocycles. The summed E-state index contributed by atoms with van der Waals surface area (Å²) >= 11 is 0. The maximum Gasteiger partial charge on any atom is 0.266 e. The number of sulfonamides is 1. The summed E-state index contributed by atoms with van der Waals surface area (Å²) in [5.41, 5.74) is 2.36. The molecule has 3 rings (SSSR count). The van der Waals surface area contributed by atoms with E-state index in [1.54, 1.807) is 56.4 Å². The Bertz CT molecular complexity index is 1140. The average molecular weight is 385 g/mol. The fourth-order valence-electron chi connectivity index (χ4n) is 2.60. The number of benzene rings is 2. The highest BCUT2D eigenvalue weighted by molar-refractivity contribution is 7.92. The highest BCUT2D eigenvalue weighted by atomic mass is 32.2. The summed E-state index contributed by atoms with van der Waals surface area (Å²) in [5.74, 6) is 0.628. The van der Waals surface area contributed by atoms with Gasteiger partial charge in [0.15, 0.2) is 0 Å². The molecule has 2 aromatic carbocycles. The van der Waals surface area contributed by atoms with Crippen LogP contribution in [0.4, 0.5) is 5.69 Å². The van der Waals surface area contributed by atoms with E-state index in [4.69, 9.17) is 4.74 Å². The van der Waals surface area contributed by atoms with Crippen LogP contribution < -0.4 is 15.0 Å². The maximum absolute atomic E-state index is 12.6. The van der Waals surface area contributed by atoms with Crippen molar-refractivity contribution in [3.05, 3.63) is 70.5 Å². The Balaban J connectivity index is 1.84. The summed E-state index contributed by atoms with van der Waals surface area (Å²) in [6, 6.07) is 14.5. The third kappa shape index (κ3) is 4.01. The second-order valence-electron chi connectivity index (χ2n) is 5.99. The Morgan fingerprint density at radius 1 is 1.04 bits per heavy atom. The number of hydrogen-bond acceptors (Lipinski definition) is 5. The molecule has 7 nitrogen and oxygen atoms in total. The molecule has 0 aliphatic rings. The van der Waals surface area contributed by atoms with Crippen molar-refractivity contribution in [3.63, 3.8) is 0 Å². The van der Waals surface area contributed by atoms with Gasteiger partial charge in [-0.25, -0.2) is 13.1 Å². The molecule has 0 saturated heterocycles. The van der Waals surface area contributed by atoms with Gasteiger partial charge in [-0.05, 0) is 48.9 Å². The number of hydrogen-bond donors (Lipinski definition) is 1. The van der Waals surface area contributed by atoms with Gasteiger partial charge >= 0.3 is 0 Å². The number of methoxy groups -OCH3 is 1. The van der Waals surface area contributed by atoms with E-state index in [1.165, 1.54) is 23.9 Å². The van der Waals surface area contributed by atoms with Crippen molar-refractivity contribution in [1.29, 1.82) is 0 Å². The van der Waals surface area contributed by atoms with E-state index >= 15 is 0 Å². The van der Waals surface area contributed by atoms with Crippen molar-refractivity contribution in [3.8, 4) is 17.0 Å². The first-order valence-corrected chi connectivity index (χ1v) is 9.61. The molecule has 0 aliphatic carbocycles.